The quantitative estimate of drug-likeness (QED) is 0.732. The summed E-state index contributed by atoms with van der Waals surface area (Å²) in [6.07, 6.45) is 6.12. The third kappa shape index (κ3) is 3.58. The van der Waals surface area contributed by atoms with Gasteiger partial charge in [-0.3, -0.25) is 9.58 Å². The lowest BCUT2D eigenvalue weighted by Crippen LogP contribution is -2.36. The fourth-order valence-electron chi connectivity index (χ4n) is 2.98. The van der Waals surface area contributed by atoms with Crippen LogP contribution >= 0.6 is 27.5 Å². The average Bonchev–Trinajstić information content (AvgIpc) is 2.64. The van der Waals surface area contributed by atoms with E-state index in [0.717, 1.165) is 31.9 Å². The molecule has 2 rings (SSSR count). The van der Waals surface area contributed by atoms with Crippen molar-refractivity contribution in [1.82, 2.24) is 14.7 Å². The molecule has 0 spiro atoms. The first-order chi connectivity index (χ1) is 9.71. The van der Waals surface area contributed by atoms with Gasteiger partial charge < -0.3 is 0 Å². The summed E-state index contributed by atoms with van der Waals surface area (Å²) in [5.41, 5.74) is 2.47. The van der Waals surface area contributed by atoms with Crippen LogP contribution in [0.5, 0.6) is 0 Å². The van der Waals surface area contributed by atoms with Gasteiger partial charge in [-0.15, -0.1) is 11.6 Å². The van der Waals surface area contributed by atoms with Crippen molar-refractivity contribution in [1.29, 1.82) is 0 Å². The normalized spacial score (nSPS) is 21.1. The number of halogens is 2. The Morgan fingerprint density at radius 1 is 1.30 bits per heavy atom. The Bertz CT molecular complexity index is 433. The van der Waals surface area contributed by atoms with Gasteiger partial charge in [0.1, 0.15) is 0 Å². The second-order valence-corrected chi connectivity index (χ2v) is 6.61. The van der Waals surface area contributed by atoms with Crippen molar-refractivity contribution >= 4 is 27.5 Å². The minimum atomic E-state index is 0.511. The zero-order valence-electron chi connectivity index (χ0n) is 12.5. The molecule has 1 aromatic heterocycles. The van der Waals surface area contributed by atoms with Crippen molar-refractivity contribution < 1.29 is 0 Å². The van der Waals surface area contributed by atoms with E-state index in [4.69, 9.17) is 16.7 Å². The van der Waals surface area contributed by atoms with Crippen LogP contribution in [0.4, 0.5) is 0 Å². The largest absolute Gasteiger partial charge is 0.293 e. The predicted octanol–water partition coefficient (Wildman–Crippen LogP) is 4.21. The lowest BCUT2D eigenvalue weighted by molar-refractivity contribution is 0.201. The Morgan fingerprint density at radius 2 is 2.10 bits per heavy atom. The molecule has 0 radical (unpaired) electrons. The Labute approximate surface area is 135 Å². The summed E-state index contributed by atoms with van der Waals surface area (Å²) in [7, 11) is 0. The van der Waals surface area contributed by atoms with E-state index < -0.39 is 0 Å². The number of rotatable bonds is 5. The number of nitrogens with zero attached hydrogens (tertiary/aromatic N) is 3. The van der Waals surface area contributed by atoms with Crippen LogP contribution < -0.4 is 0 Å². The maximum absolute atomic E-state index is 6.18. The van der Waals surface area contributed by atoms with E-state index in [9.17, 15) is 0 Å². The standard InChI is InChI=1S/C15H25BrClN3/c1-3-13-15(16)14(20(4-2)18-13)11-19-9-7-5-6-8-12(19)10-17/h12H,3-11H2,1-2H3. The van der Waals surface area contributed by atoms with Crippen LogP contribution in [0.3, 0.4) is 0 Å². The van der Waals surface area contributed by atoms with E-state index in [2.05, 4.69) is 39.4 Å². The monoisotopic (exact) mass is 361 g/mol. The van der Waals surface area contributed by atoms with E-state index in [-0.39, 0.29) is 0 Å². The van der Waals surface area contributed by atoms with Crippen LogP contribution in [0.15, 0.2) is 4.47 Å². The summed E-state index contributed by atoms with van der Waals surface area (Å²) in [6, 6.07) is 0.511. The SMILES string of the molecule is CCc1nn(CC)c(CN2CCCCCC2CCl)c1Br. The lowest BCUT2D eigenvalue weighted by atomic mass is 10.1. The summed E-state index contributed by atoms with van der Waals surface area (Å²) in [5.74, 6) is 0.735. The number of aryl methyl sites for hydroxylation is 2. The molecule has 3 nitrogen and oxygen atoms in total. The Balaban J connectivity index is 2.20. The molecule has 20 heavy (non-hydrogen) atoms. The molecule has 1 atom stereocenters. The van der Waals surface area contributed by atoms with Crippen molar-refractivity contribution in [2.75, 3.05) is 12.4 Å². The van der Waals surface area contributed by atoms with Gasteiger partial charge in [-0.05, 0) is 48.7 Å². The minimum absolute atomic E-state index is 0.511. The zero-order valence-corrected chi connectivity index (χ0v) is 14.9. The maximum atomic E-state index is 6.18. The number of hydrogen-bond donors (Lipinski definition) is 0. The van der Waals surface area contributed by atoms with E-state index in [1.54, 1.807) is 0 Å². The van der Waals surface area contributed by atoms with Crippen molar-refractivity contribution in [3.05, 3.63) is 15.9 Å². The predicted molar refractivity (Wildman–Crippen MR) is 88.4 cm³/mol. The van der Waals surface area contributed by atoms with E-state index >= 15 is 0 Å². The van der Waals surface area contributed by atoms with Crippen molar-refractivity contribution in [2.45, 2.75) is 65.1 Å². The highest BCUT2D eigenvalue weighted by Gasteiger charge is 2.23. The van der Waals surface area contributed by atoms with Gasteiger partial charge in [-0.25, -0.2) is 0 Å². The number of hydrogen-bond acceptors (Lipinski definition) is 2. The summed E-state index contributed by atoms with van der Waals surface area (Å²) in [6.45, 7) is 7.35. The van der Waals surface area contributed by atoms with Crippen LogP contribution in [0.1, 0.15) is 50.9 Å². The van der Waals surface area contributed by atoms with Crippen molar-refractivity contribution in [3.63, 3.8) is 0 Å². The van der Waals surface area contributed by atoms with Gasteiger partial charge in [0.05, 0.1) is 15.9 Å². The Kier molecular flexibility index (Phi) is 6.37. The molecule has 0 bridgehead atoms. The van der Waals surface area contributed by atoms with Crippen LogP contribution in [0.2, 0.25) is 0 Å². The third-order valence-corrected chi connectivity index (χ3v) is 5.50. The summed E-state index contributed by atoms with van der Waals surface area (Å²) in [4.78, 5) is 2.55. The molecule has 5 heteroatoms. The third-order valence-electron chi connectivity index (χ3n) is 4.22. The van der Waals surface area contributed by atoms with Crippen LogP contribution in [-0.4, -0.2) is 33.1 Å². The molecule has 2 heterocycles. The van der Waals surface area contributed by atoms with Crippen LogP contribution in [-0.2, 0) is 19.5 Å². The smallest absolute Gasteiger partial charge is 0.0767 e. The molecule has 0 saturated carbocycles. The molecule has 1 saturated heterocycles. The van der Waals surface area contributed by atoms with Gasteiger partial charge in [0.25, 0.3) is 0 Å². The Hall–Kier alpha value is -0.0600. The van der Waals surface area contributed by atoms with Crippen molar-refractivity contribution in [2.24, 2.45) is 0 Å². The Morgan fingerprint density at radius 3 is 2.75 bits per heavy atom. The molecule has 1 aliphatic rings. The van der Waals surface area contributed by atoms with Gasteiger partial charge in [0, 0.05) is 25.0 Å². The van der Waals surface area contributed by atoms with Gasteiger partial charge in [0.2, 0.25) is 0 Å². The highest BCUT2D eigenvalue weighted by atomic mass is 79.9. The maximum Gasteiger partial charge on any atom is 0.0767 e. The molecule has 0 N–H and O–H groups in total. The second-order valence-electron chi connectivity index (χ2n) is 5.50. The molecule has 1 aromatic rings. The molecule has 0 amide bonds. The summed E-state index contributed by atoms with van der Waals surface area (Å²) >= 11 is 9.93. The number of likely N-dealkylation sites (tertiary alicyclic amines) is 1. The highest BCUT2D eigenvalue weighted by Crippen LogP contribution is 2.26. The van der Waals surface area contributed by atoms with E-state index in [1.165, 1.54) is 41.5 Å². The molecule has 1 aliphatic heterocycles. The highest BCUT2D eigenvalue weighted by molar-refractivity contribution is 9.10. The molecular weight excluding hydrogens is 338 g/mol. The first-order valence-corrected chi connectivity index (χ1v) is 9.08. The molecule has 0 aliphatic carbocycles. The van der Waals surface area contributed by atoms with E-state index in [0.29, 0.717) is 6.04 Å². The fourth-order valence-corrected chi connectivity index (χ4v) is 4.02. The summed E-state index contributed by atoms with van der Waals surface area (Å²) in [5, 5.41) is 4.70. The van der Waals surface area contributed by atoms with Crippen LogP contribution in [0, 0.1) is 0 Å². The molecule has 1 fully saturated rings. The van der Waals surface area contributed by atoms with E-state index in [1.807, 2.05) is 0 Å². The molecular formula is C15H25BrClN3. The summed E-state index contributed by atoms with van der Waals surface area (Å²) < 4.78 is 3.33. The number of alkyl halides is 1. The average molecular weight is 363 g/mol. The molecule has 0 aromatic carbocycles. The first-order valence-electron chi connectivity index (χ1n) is 7.75. The van der Waals surface area contributed by atoms with Gasteiger partial charge in [-0.2, -0.15) is 5.10 Å². The topological polar surface area (TPSA) is 21.1 Å². The molecule has 1 unspecified atom stereocenters. The minimum Gasteiger partial charge on any atom is -0.293 e. The lowest BCUT2D eigenvalue weighted by Gasteiger charge is -2.28. The zero-order chi connectivity index (χ0) is 14.5. The van der Waals surface area contributed by atoms with Gasteiger partial charge >= 0.3 is 0 Å². The first kappa shape index (κ1) is 16.3. The van der Waals surface area contributed by atoms with Crippen molar-refractivity contribution in [3.8, 4) is 0 Å². The molecule has 114 valence electrons. The fraction of sp³-hybridized carbons (Fsp3) is 0.800. The van der Waals surface area contributed by atoms with Crippen LogP contribution in [0.25, 0.3) is 0 Å². The van der Waals surface area contributed by atoms with Gasteiger partial charge in [0.15, 0.2) is 0 Å². The van der Waals surface area contributed by atoms with Gasteiger partial charge in [-0.1, -0.05) is 19.8 Å². The second kappa shape index (κ2) is 7.81. The number of aromatic nitrogens is 2.